The second-order valence-corrected chi connectivity index (χ2v) is 5.13. The fourth-order valence-corrected chi connectivity index (χ4v) is 2.12. The van der Waals surface area contributed by atoms with E-state index in [1.165, 1.54) is 0 Å². The normalized spacial score (nSPS) is 14.5. The molecular formula is C17H24N4O5. The highest BCUT2D eigenvalue weighted by Crippen LogP contribution is 2.28. The molecule has 0 aromatic heterocycles. The van der Waals surface area contributed by atoms with Crippen LogP contribution in [0.4, 0.5) is 11.4 Å². The van der Waals surface area contributed by atoms with E-state index in [0.717, 1.165) is 44.2 Å². The first kappa shape index (κ1) is 21.0. The van der Waals surface area contributed by atoms with Crippen molar-refractivity contribution in [1.82, 2.24) is 5.32 Å². The summed E-state index contributed by atoms with van der Waals surface area (Å²) in [5, 5.41) is 18.6. The van der Waals surface area contributed by atoms with Crippen molar-refractivity contribution in [1.29, 1.82) is 0 Å². The second kappa shape index (κ2) is 11.5. The van der Waals surface area contributed by atoms with Crippen molar-refractivity contribution in [2.45, 2.75) is 6.92 Å². The molecule has 1 aromatic carbocycles. The number of morpholine rings is 1. The quantitative estimate of drug-likeness (QED) is 0.342. The van der Waals surface area contributed by atoms with E-state index in [1.807, 2.05) is 25.1 Å². The lowest BCUT2D eigenvalue weighted by Crippen LogP contribution is -2.36. The van der Waals surface area contributed by atoms with Crippen molar-refractivity contribution in [2.24, 2.45) is 10.7 Å². The van der Waals surface area contributed by atoms with E-state index in [1.54, 1.807) is 0 Å². The predicted octanol–water partition coefficient (Wildman–Crippen LogP) is 0.791. The fraction of sp³-hybridized carbons (Fsp3) is 0.353. The van der Waals surface area contributed by atoms with Gasteiger partial charge in [-0.05, 0) is 19.1 Å². The molecule has 9 heteroatoms. The van der Waals surface area contributed by atoms with Gasteiger partial charge in [-0.25, -0.2) is 14.6 Å². The Morgan fingerprint density at radius 2 is 1.81 bits per heavy atom. The summed E-state index contributed by atoms with van der Waals surface area (Å²) in [6, 6.07) is 8.05. The highest BCUT2D eigenvalue weighted by atomic mass is 16.5. The van der Waals surface area contributed by atoms with E-state index in [9.17, 15) is 9.59 Å². The molecule has 2 rings (SSSR count). The van der Waals surface area contributed by atoms with Crippen molar-refractivity contribution in [2.75, 3.05) is 37.7 Å². The van der Waals surface area contributed by atoms with Crippen molar-refractivity contribution in [3.8, 4) is 0 Å². The van der Waals surface area contributed by atoms with Gasteiger partial charge in [-0.1, -0.05) is 12.1 Å². The summed E-state index contributed by atoms with van der Waals surface area (Å²) in [6.07, 6.45) is 1.12. The fourth-order valence-electron chi connectivity index (χ4n) is 2.12. The molecule has 0 saturated carbocycles. The average Bonchev–Trinajstić information content (AvgIpc) is 2.62. The molecule has 0 unspecified atom stereocenters. The van der Waals surface area contributed by atoms with Crippen LogP contribution in [0.25, 0.3) is 0 Å². The van der Waals surface area contributed by atoms with E-state index in [-0.39, 0.29) is 0 Å². The molecule has 9 nitrogen and oxygen atoms in total. The number of nitrogens with two attached hydrogens (primary N) is 1. The number of hydrogen-bond acceptors (Lipinski definition) is 5. The molecule has 0 radical (unpaired) electrons. The van der Waals surface area contributed by atoms with Crippen LogP contribution in [-0.4, -0.2) is 61.0 Å². The number of guanidine groups is 1. The number of nitrogens with one attached hydrogen (secondary N) is 1. The summed E-state index contributed by atoms with van der Waals surface area (Å²) in [7, 11) is 0. The molecule has 142 valence electrons. The maximum atomic E-state index is 9.55. The summed E-state index contributed by atoms with van der Waals surface area (Å²) < 4.78 is 5.37. The first-order chi connectivity index (χ1) is 12.4. The van der Waals surface area contributed by atoms with Crippen molar-refractivity contribution in [3.05, 3.63) is 36.4 Å². The topological polar surface area (TPSA) is 137 Å². The summed E-state index contributed by atoms with van der Waals surface area (Å²) in [6.45, 7) is 6.09. The number of carboxylic acid groups (broad SMARTS) is 2. The second-order valence-electron chi connectivity index (χ2n) is 5.13. The third kappa shape index (κ3) is 8.15. The molecule has 1 aliphatic heterocycles. The minimum Gasteiger partial charge on any atom is -0.478 e. The Labute approximate surface area is 151 Å². The van der Waals surface area contributed by atoms with Crippen LogP contribution in [0.15, 0.2) is 41.4 Å². The minimum absolute atomic E-state index is 0.457. The first-order valence-corrected chi connectivity index (χ1v) is 8.07. The largest absolute Gasteiger partial charge is 0.478 e. The highest BCUT2D eigenvalue weighted by Gasteiger charge is 2.14. The summed E-state index contributed by atoms with van der Waals surface area (Å²) in [4.78, 5) is 25.8. The molecular weight excluding hydrogens is 340 g/mol. The SMILES string of the molecule is CCNC(N)=Nc1ccccc1N1CCOCC1.O=C(O)/C=C/C(=O)O. The molecule has 0 spiro atoms. The maximum Gasteiger partial charge on any atom is 0.328 e. The van der Waals surface area contributed by atoms with Crippen molar-refractivity contribution in [3.63, 3.8) is 0 Å². The van der Waals surface area contributed by atoms with Crippen LogP contribution < -0.4 is 16.0 Å². The van der Waals surface area contributed by atoms with Crippen LogP contribution in [0.3, 0.4) is 0 Å². The Morgan fingerprint density at radius 1 is 1.23 bits per heavy atom. The number of aliphatic carboxylic acids is 2. The lowest BCUT2D eigenvalue weighted by atomic mass is 10.2. The van der Waals surface area contributed by atoms with Crippen LogP contribution in [0.5, 0.6) is 0 Å². The molecule has 0 bridgehead atoms. The van der Waals surface area contributed by atoms with Crippen LogP contribution in [0.2, 0.25) is 0 Å². The number of ether oxygens (including phenoxy) is 1. The molecule has 1 fully saturated rings. The van der Waals surface area contributed by atoms with Gasteiger partial charge < -0.3 is 30.9 Å². The van der Waals surface area contributed by atoms with E-state index in [2.05, 4.69) is 21.3 Å². The van der Waals surface area contributed by atoms with Gasteiger partial charge in [0, 0.05) is 31.8 Å². The van der Waals surface area contributed by atoms with Gasteiger partial charge in [0.1, 0.15) is 0 Å². The lowest BCUT2D eigenvalue weighted by molar-refractivity contribution is -0.134. The highest BCUT2D eigenvalue weighted by molar-refractivity contribution is 5.89. The Balaban J connectivity index is 0.000000359. The number of carbonyl (C=O) groups is 2. The zero-order valence-corrected chi connectivity index (χ0v) is 14.6. The number of rotatable bonds is 5. The van der Waals surface area contributed by atoms with Gasteiger partial charge in [-0.3, -0.25) is 0 Å². The Bertz CT molecular complexity index is 638. The Hall–Kier alpha value is -3.07. The molecule has 5 N–H and O–H groups in total. The Morgan fingerprint density at radius 3 is 2.35 bits per heavy atom. The first-order valence-electron chi connectivity index (χ1n) is 8.07. The molecule has 1 aromatic rings. The monoisotopic (exact) mass is 364 g/mol. The third-order valence-electron chi connectivity index (χ3n) is 3.20. The van der Waals surface area contributed by atoms with Gasteiger partial charge in [0.2, 0.25) is 0 Å². The zero-order valence-electron chi connectivity index (χ0n) is 14.6. The number of aliphatic imine (C=N–C) groups is 1. The van der Waals surface area contributed by atoms with Gasteiger partial charge in [0.05, 0.1) is 24.6 Å². The molecule has 0 aliphatic carbocycles. The van der Waals surface area contributed by atoms with Crippen LogP contribution >= 0.6 is 0 Å². The van der Waals surface area contributed by atoms with Gasteiger partial charge >= 0.3 is 11.9 Å². The molecule has 0 amide bonds. The van der Waals surface area contributed by atoms with Gasteiger partial charge in [-0.15, -0.1) is 0 Å². The number of carboxylic acids is 2. The molecule has 1 saturated heterocycles. The standard InChI is InChI=1S/C13H20N4O.C4H4O4/c1-2-15-13(14)16-11-5-3-4-6-12(11)17-7-9-18-10-8-17;5-3(6)1-2-4(7)8/h3-6H,2,7-10H2,1H3,(H3,14,15,16);1-2H,(H,5,6)(H,7,8)/b;2-1+. The van der Waals surface area contributed by atoms with Crippen LogP contribution in [-0.2, 0) is 14.3 Å². The van der Waals surface area contributed by atoms with E-state index in [4.69, 9.17) is 20.7 Å². The van der Waals surface area contributed by atoms with E-state index < -0.39 is 11.9 Å². The summed E-state index contributed by atoms with van der Waals surface area (Å²) in [5.41, 5.74) is 7.82. The number of nitrogens with zero attached hydrogens (tertiary/aromatic N) is 2. The number of anilines is 1. The van der Waals surface area contributed by atoms with Crippen LogP contribution in [0.1, 0.15) is 6.92 Å². The zero-order chi connectivity index (χ0) is 19.4. The Kier molecular flexibility index (Phi) is 9.26. The van der Waals surface area contributed by atoms with E-state index >= 15 is 0 Å². The minimum atomic E-state index is -1.26. The number of hydrogen-bond donors (Lipinski definition) is 4. The van der Waals surface area contributed by atoms with Crippen molar-refractivity contribution >= 4 is 29.3 Å². The van der Waals surface area contributed by atoms with Gasteiger partial charge in [-0.2, -0.15) is 0 Å². The van der Waals surface area contributed by atoms with E-state index in [0.29, 0.717) is 18.1 Å². The molecule has 26 heavy (non-hydrogen) atoms. The average molecular weight is 364 g/mol. The van der Waals surface area contributed by atoms with Crippen molar-refractivity contribution < 1.29 is 24.5 Å². The summed E-state index contributed by atoms with van der Waals surface area (Å²) in [5.74, 6) is -2.06. The maximum absolute atomic E-state index is 9.55. The van der Waals surface area contributed by atoms with Gasteiger partial charge in [0.15, 0.2) is 5.96 Å². The summed E-state index contributed by atoms with van der Waals surface area (Å²) >= 11 is 0. The smallest absolute Gasteiger partial charge is 0.328 e. The lowest BCUT2D eigenvalue weighted by Gasteiger charge is -2.29. The van der Waals surface area contributed by atoms with Crippen LogP contribution in [0, 0.1) is 0 Å². The third-order valence-corrected chi connectivity index (χ3v) is 3.20. The molecule has 0 atom stereocenters. The number of benzene rings is 1. The predicted molar refractivity (Wildman–Crippen MR) is 98.8 cm³/mol. The molecule has 1 aliphatic rings. The number of para-hydroxylation sites is 2. The van der Waals surface area contributed by atoms with Gasteiger partial charge in [0.25, 0.3) is 0 Å². The molecule has 1 heterocycles.